The van der Waals surface area contributed by atoms with Gasteiger partial charge in [-0.1, -0.05) is 37.6 Å². The first-order valence-electron chi connectivity index (χ1n) is 10.7. The first-order chi connectivity index (χ1) is 13.2. The van der Waals surface area contributed by atoms with Crippen LogP contribution in [-0.4, -0.2) is 24.1 Å². The van der Waals surface area contributed by atoms with Crippen LogP contribution in [0.3, 0.4) is 0 Å². The quantitative estimate of drug-likeness (QED) is 0.570. The van der Waals surface area contributed by atoms with Crippen molar-refractivity contribution in [3.8, 4) is 0 Å². The fourth-order valence-corrected chi connectivity index (χ4v) is 4.03. The summed E-state index contributed by atoms with van der Waals surface area (Å²) in [6.45, 7) is 10.0. The summed E-state index contributed by atoms with van der Waals surface area (Å²) in [5.74, 6) is -0.564. The average Bonchev–Trinajstić information content (AvgIpc) is 3.06. The Bertz CT molecular complexity index is 656. The normalized spacial score (nSPS) is 22.1. The molecule has 2 unspecified atom stereocenters. The third-order valence-electron chi connectivity index (χ3n) is 5.51. The predicted octanol–water partition coefficient (Wildman–Crippen LogP) is 5.26. The van der Waals surface area contributed by atoms with Crippen LogP contribution in [0.25, 0.3) is 0 Å². The van der Waals surface area contributed by atoms with Gasteiger partial charge in [-0.2, -0.15) is 0 Å². The summed E-state index contributed by atoms with van der Waals surface area (Å²) in [6.07, 6.45) is 5.62. The lowest BCUT2D eigenvalue weighted by Gasteiger charge is -2.31. The summed E-state index contributed by atoms with van der Waals surface area (Å²) in [5, 5.41) is 0. The number of aryl methyl sites for hydroxylation is 2. The van der Waals surface area contributed by atoms with E-state index in [1.165, 1.54) is 11.1 Å². The molecule has 28 heavy (non-hydrogen) atoms. The van der Waals surface area contributed by atoms with E-state index in [0.717, 1.165) is 19.3 Å². The number of hydrogen-bond donors (Lipinski definition) is 0. The van der Waals surface area contributed by atoms with Crippen molar-refractivity contribution in [2.75, 3.05) is 6.61 Å². The summed E-state index contributed by atoms with van der Waals surface area (Å²) in [5.41, 5.74) is 1.43. The van der Waals surface area contributed by atoms with E-state index < -0.39 is 11.0 Å². The van der Waals surface area contributed by atoms with Gasteiger partial charge in [0, 0.05) is 0 Å². The third-order valence-corrected chi connectivity index (χ3v) is 5.51. The van der Waals surface area contributed by atoms with E-state index in [1.807, 2.05) is 27.7 Å². The molecular weight excluding hydrogens is 352 g/mol. The topological polar surface area (TPSA) is 52.6 Å². The van der Waals surface area contributed by atoms with Crippen LogP contribution < -0.4 is 0 Å². The van der Waals surface area contributed by atoms with Crippen LogP contribution in [0, 0.1) is 11.3 Å². The highest BCUT2D eigenvalue weighted by Gasteiger charge is 2.49. The molecule has 4 heteroatoms. The Hall–Kier alpha value is -1.84. The van der Waals surface area contributed by atoms with E-state index in [9.17, 15) is 9.59 Å². The minimum atomic E-state index is -0.604. The molecule has 0 bridgehead atoms. The van der Waals surface area contributed by atoms with Crippen LogP contribution in [0.2, 0.25) is 0 Å². The molecule has 1 aliphatic rings. The lowest BCUT2D eigenvalue weighted by Crippen LogP contribution is -2.37. The van der Waals surface area contributed by atoms with E-state index in [2.05, 4.69) is 31.2 Å². The van der Waals surface area contributed by atoms with Gasteiger partial charge in [-0.05, 0) is 77.3 Å². The van der Waals surface area contributed by atoms with E-state index in [0.29, 0.717) is 32.3 Å². The largest absolute Gasteiger partial charge is 0.466 e. The fraction of sp³-hybridized carbons (Fsp3) is 0.667. The molecule has 0 saturated heterocycles. The molecule has 0 aromatic heterocycles. The maximum atomic E-state index is 13.1. The molecule has 1 aromatic carbocycles. The number of esters is 2. The maximum absolute atomic E-state index is 13.1. The number of carbonyl (C=O) groups excluding carboxylic acids is 2. The van der Waals surface area contributed by atoms with Crippen LogP contribution in [0.4, 0.5) is 0 Å². The lowest BCUT2D eigenvalue weighted by molar-refractivity contribution is -0.168. The molecule has 2 atom stereocenters. The minimum Gasteiger partial charge on any atom is -0.466 e. The zero-order valence-corrected chi connectivity index (χ0v) is 18.2. The fourth-order valence-electron chi connectivity index (χ4n) is 4.03. The van der Waals surface area contributed by atoms with E-state index in [1.54, 1.807) is 0 Å². The van der Waals surface area contributed by atoms with Crippen LogP contribution in [0.15, 0.2) is 24.3 Å². The Kier molecular flexibility index (Phi) is 7.68. The van der Waals surface area contributed by atoms with Crippen molar-refractivity contribution in [2.24, 2.45) is 11.3 Å². The van der Waals surface area contributed by atoms with Crippen LogP contribution >= 0.6 is 0 Å². The average molecular weight is 389 g/mol. The molecule has 4 nitrogen and oxygen atoms in total. The minimum absolute atomic E-state index is 0.172. The van der Waals surface area contributed by atoms with Crippen molar-refractivity contribution in [3.63, 3.8) is 0 Å². The Morgan fingerprint density at radius 3 is 2.21 bits per heavy atom. The zero-order chi connectivity index (χ0) is 20.8. The van der Waals surface area contributed by atoms with Gasteiger partial charge in [0.2, 0.25) is 0 Å². The molecule has 2 rings (SSSR count). The molecule has 0 N–H and O–H groups in total. The molecule has 0 heterocycles. The van der Waals surface area contributed by atoms with Gasteiger partial charge in [0.15, 0.2) is 0 Å². The van der Waals surface area contributed by atoms with Gasteiger partial charge in [-0.15, -0.1) is 0 Å². The van der Waals surface area contributed by atoms with E-state index in [4.69, 9.17) is 9.47 Å². The molecule has 0 aliphatic heterocycles. The molecule has 0 amide bonds. The molecule has 1 saturated carbocycles. The number of ether oxygens (including phenoxy) is 2. The van der Waals surface area contributed by atoms with Gasteiger partial charge in [-0.25, -0.2) is 0 Å². The van der Waals surface area contributed by atoms with Crippen molar-refractivity contribution < 1.29 is 19.1 Å². The molecule has 1 fully saturated rings. The van der Waals surface area contributed by atoms with Crippen molar-refractivity contribution >= 4 is 11.9 Å². The van der Waals surface area contributed by atoms with Gasteiger partial charge < -0.3 is 9.47 Å². The highest BCUT2D eigenvalue weighted by molar-refractivity contribution is 5.81. The van der Waals surface area contributed by atoms with Gasteiger partial charge in [0.1, 0.15) is 5.60 Å². The highest BCUT2D eigenvalue weighted by Crippen LogP contribution is 2.47. The number of benzene rings is 1. The first-order valence-corrected chi connectivity index (χ1v) is 10.7. The number of carbonyl (C=O) groups is 2. The second-order valence-electron chi connectivity index (χ2n) is 9.04. The van der Waals surface area contributed by atoms with Gasteiger partial charge in [0.25, 0.3) is 0 Å². The monoisotopic (exact) mass is 388 g/mol. The van der Waals surface area contributed by atoms with Gasteiger partial charge >= 0.3 is 11.9 Å². The molecule has 0 radical (unpaired) electrons. The van der Waals surface area contributed by atoms with E-state index >= 15 is 0 Å². The zero-order valence-electron chi connectivity index (χ0n) is 18.2. The molecule has 1 aromatic rings. The summed E-state index contributed by atoms with van der Waals surface area (Å²) in [6, 6.07) is 8.67. The Morgan fingerprint density at radius 2 is 1.68 bits per heavy atom. The Balaban J connectivity index is 2.12. The molecule has 1 aliphatic carbocycles. The Labute approximate surface area is 170 Å². The summed E-state index contributed by atoms with van der Waals surface area (Å²) >= 11 is 0. The standard InChI is InChI=1S/C24H36O4/c1-6-8-18-9-11-19(12-10-18)13-15-24(22(26)28-23(3,4)5)16-14-20(17-24)21(25)27-7-2/h9-12,20H,6-8,13-17H2,1-5H3. The predicted molar refractivity (Wildman–Crippen MR) is 111 cm³/mol. The number of hydrogen-bond acceptors (Lipinski definition) is 4. The third kappa shape index (κ3) is 6.08. The second kappa shape index (κ2) is 9.58. The molecule has 156 valence electrons. The van der Waals surface area contributed by atoms with Crippen LogP contribution in [0.5, 0.6) is 0 Å². The Morgan fingerprint density at radius 1 is 1.07 bits per heavy atom. The van der Waals surface area contributed by atoms with Crippen molar-refractivity contribution in [1.29, 1.82) is 0 Å². The smallest absolute Gasteiger partial charge is 0.312 e. The summed E-state index contributed by atoms with van der Waals surface area (Å²) in [7, 11) is 0. The summed E-state index contributed by atoms with van der Waals surface area (Å²) in [4.78, 5) is 25.3. The van der Waals surface area contributed by atoms with Crippen molar-refractivity contribution in [3.05, 3.63) is 35.4 Å². The molecular formula is C24H36O4. The highest BCUT2D eigenvalue weighted by atomic mass is 16.6. The first kappa shape index (κ1) is 22.4. The molecule has 0 spiro atoms. The summed E-state index contributed by atoms with van der Waals surface area (Å²) < 4.78 is 11.0. The number of rotatable bonds is 8. The SMILES string of the molecule is CCCc1ccc(CCC2(C(=O)OC(C)(C)C)CCC(C(=O)OCC)C2)cc1. The van der Waals surface area contributed by atoms with Gasteiger partial charge in [-0.3, -0.25) is 9.59 Å². The lowest BCUT2D eigenvalue weighted by atomic mass is 9.79. The van der Waals surface area contributed by atoms with Crippen molar-refractivity contribution in [1.82, 2.24) is 0 Å². The van der Waals surface area contributed by atoms with Crippen LogP contribution in [0.1, 0.15) is 77.8 Å². The van der Waals surface area contributed by atoms with Crippen molar-refractivity contribution in [2.45, 2.75) is 85.2 Å². The van der Waals surface area contributed by atoms with Crippen LogP contribution in [-0.2, 0) is 31.9 Å². The maximum Gasteiger partial charge on any atom is 0.312 e. The second-order valence-corrected chi connectivity index (χ2v) is 9.04. The van der Waals surface area contributed by atoms with Gasteiger partial charge in [0.05, 0.1) is 17.9 Å². The van der Waals surface area contributed by atoms with E-state index in [-0.39, 0.29) is 17.9 Å².